The van der Waals surface area contributed by atoms with Crippen molar-refractivity contribution in [1.29, 1.82) is 0 Å². The molecule has 1 aliphatic heterocycles. The van der Waals surface area contributed by atoms with E-state index >= 15 is 0 Å². The molecular formula is C20H22N4O. The summed E-state index contributed by atoms with van der Waals surface area (Å²) in [6.45, 7) is 4.83. The van der Waals surface area contributed by atoms with Gasteiger partial charge in [0.15, 0.2) is 5.65 Å². The molecular weight excluding hydrogens is 312 g/mol. The normalized spacial score (nSPS) is 17.4. The summed E-state index contributed by atoms with van der Waals surface area (Å²) < 4.78 is 1.89. The Hall–Kier alpha value is -2.69. The minimum absolute atomic E-state index is 0.0714. The molecule has 0 N–H and O–H groups in total. The summed E-state index contributed by atoms with van der Waals surface area (Å²) in [5.41, 5.74) is 5.09. The van der Waals surface area contributed by atoms with Gasteiger partial charge in [-0.05, 0) is 38.3 Å². The Balaban J connectivity index is 1.62. The average Bonchev–Trinajstić information content (AvgIpc) is 3.19. The molecule has 5 nitrogen and oxygen atoms in total. The molecule has 128 valence electrons. The first-order chi connectivity index (χ1) is 12.1. The lowest BCUT2D eigenvalue weighted by molar-refractivity contribution is -0.131. The third-order valence-electron chi connectivity index (χ3n) is 4.86. The van der Waals surface area contributed by atoms with Gasteiger partial charge in [-0.15, -0.1) is 0 Å². The second-order valence-electron chi connectivity index (χ2n) is 6.84. The first-order valence-electron chi connectivity index (χ1n) is 8.78. The van der Waals surface area contributed by atoms with Gasteiger partial charge in [-0.2, -0.15) is 5.10 Å². The quantitative estimate of drug-likeness (QED) is 0.739. The molecule has 1 aromatic carbocycles. The largest absolute Gasteiger partial charge is 0.334 e. The highest BCUT2D eigenvalue weighted by Crippen LogP contribution is 2.32. The summed E-state index contributed by atoms with van der Waals surface area (Å²) in [7, 11) is 0. The number of rotatable bonds is 3. The maximum Gasteiger partial charge on any atom is 0.227 e. The highest BCUT2D eigenvalue weighted by molar-refractivity contribution is 5.79. The zero-order valence-electron chi connectivity index (χ0n) is 14.6. The molecule has 0 spiro atoms. The second kappa shape index (κ2) is 6.31. The van der Waals surface area contributed by atoms with E-state index in [1.165, 1.54) is 5.56 Å². The molecule has 1 amide bonds. The average molecular weight is 334 g/mol. The predicted octanol–water partition coefficient (Wildman–Crippen LogP) is 3.25. The van der Waals surface area contributed by atoms with Crippen molar-refractivity contribution in [2.24, 2.45) is 0 Å². The molecule has 25 heavy (non-hydrogen) atoms. The monoisotopic (exact) mass is 334 g/mol. The lowest BCUT2D eigenvalue weighted by Gasteiger charge is -2.25. The number of hydrogen-bond donors (Lipinski definition) is 0. The summed E-state index contributed by atoms with van der Waals surface area (Å²) >= 11 is 0. The summed E-state index contributed by atoms with van der Waals surface area (Å²) in [6.07, 6.45) is 4.25. The number of fused-ring (bicyclic) bond motifs is 1. The zero-order valence-corrected chi connectivity index (χ0v) is 14.6. The molecule has 1 fully saturated rings. The van der Waals surface area contributed by atoms with Crippen LogP contribution in [0.25, 0.3) is 5.65 Å². The molecule has 1 unspecified atom stereocenters. The van der Waals surface area contributed by atoms with Gasteiger partial charge in [0, 0.05) is 18.8 Å². The Kier molecular flexibility index (Phi) is 3.99. The zero-order chi connectivity index (χ0) is 17.4. The van der Waals surface area contributed by atoms with E-state index in [9.17, 15) is 4.79 Å². The number of amides is 1. The first-order valence-corrected chi connectivity index (χ1v) is 8.78. The van der Waals surface area contributed by atoms with E-state index in [0.717, 1.165) is 42.0 Å². The fourth-order valence-corrected chi connectivity index (χ4v) is 3.75. The van der Waals surface area contributed by atoms with Crippen LogP contribution in [0.4, 0.5) is 0 Å². The minimum Gasteiger partial charge on any atom is -0.334 e. The minimum atomic E-state index is 0.0714. The molecule has 3 aromatic rings. The van der Waals surface area contributed by atoms with Crippen molar-refractivity contribution in [2.75, 3.05) is 6.54 Å². The molecule has 3 heterocycles. The molecule has 4 rings (SSSR count). The summed E-state index contributed by atoms with van der Waals surface area (Å²) in [6, 6.07) is 12.2. The number of carbonyl (C=O) groups excluding carboxylic acids is 1. The highest BCUT2D eigenvalue weighted by atomic mass is 16.2. The van der Waals surface area contributed by atoms with Gasteiger partial charge in [-0.3, -0.25) is 4.79 Å². The number of aryl methyl sites for hydroxylation is 2. The van der Waals surface area contributed by atoms with E-state index in [-0.39, 0.29) is 11.9 Å². The van der Waals surface area contributed by atoms with Crippen molar-refractivity contribution in [2.45, 2.75) is 39.2 Å². The van der Waals surface area contributed by atoms with Gasteiger partial charge in [-0.25, -0.2) is 9.50 Å². The Bertz CT molecular complexity index is 930. The van der Waals surface area contributed by atoms with Crippen molar-refractivity contribution in [1.82, 2.24) is 19.5 Å². The van der Waals surface area contributed by atoms with Crippen molar-refractivity contribution in [3.63, 3.8) is 0 Å². The van der Waals surface area contributed by atoms with Crippen LogP contribution >= 0.6 is 0 Å². The van der Waals surface area contributed by atoms with E-state index < -0.39 is 0 Å². The van der Waals surface area contributed by atoms with Gasteiger partial charge in [0.1, 0.15) is 0 Å². The third kappa shape index (κ3) is 3.02. The number of benzene rings is 1. The maximum absolute atomic E-state index is 12.9. The Morgan fingerprint density at radius 2 is 2.12 bits per heavy atom. The molecule has 1 atom stereocenters. The van der Waals surface area contributed by atoms with Gasteiger partial charge in [-0.1, -0.05) is 29.8 Å². The van der Waals surface area contributed by atoms with Crippen LogP contribution in [-0.4, -0.2) is 31.9 Å². The van der Waals surface area contributed by atoms with E-state index in [1.807, 2.05) is 46.8 Å². The molecule has 0 saturated carbocycles. The maximum atomic E-state index is 12.9. The van der Waals surface area contributed by atoms with Crippen LogP contribution in [-0.2, 0) is 11.2 Å². The standard InChI is InChI=1S/C20H22N4O/c1-14-5-3-6-16(11-14)13-20(25)23-10-4-7-17(23)18-8-9-21-19-12-15(2)22-24(18)19/h3,5-6,8-9,11-12,17H,4,7,10,13H2,1-2H3. The number of nitrogens with zero attached hydrogens (tertiary/aromatic N) is 4. The molecule has 1 aliphatic rings. The van der Waals surface area contributed by atoms with Gasteiger partial charge >= 0.3 is 0 Å². The Morgan fingerprint density at radius 3 is 2.96 bits per heavy atom. The van der Waals surface area contributed by atoms with Crippen molar-refractivity contribution in [3.05, 3.63) is 65.1 Å². The SMILES string of the molecule is Cc1cccc(CC(=O)N2CCCC2c2ccnc3cc(C)nn23)c1. The number of aromatic nitrogens is 3. The molecule has 0 bridgehead atoms. The van der Waals surface area contributed by atoms with E-state index in [4.69, 9.17) is 0 Å². The van der Waals surface area contributed by atoms with Crippen molar-refractivity contribution >= 4 is 11.6 Å². The summed E-state index contributed by atoms with van der Waals surface area (Å²) in [5.74, 6) is 0.182. The number of carbonyl (C=O) groups is 1. The lowest BCUT2D eigenvalue weighted by Crippen LogP contribution is -2.32. The fourth-order valence-electron chi connectivity index (χ4n) is 3.75. The van der Waals surface area contributed by atoms with Crippen LogP contribution < -0.4 is 0 Å². The molecule has 5 heteroatoms. The van der Waals surface area contributed by atoms with E-state index in [2.05, 4.69) is 29.1 Å². The van der Waals surface area contributed by atoms with Crippen LogP contribution in [0.15, 0.2) is 42.6 Å². The summed E-state index contributed by atoms with van der Waals surface area (Å²) in [5, 5.41) is 4.56. The van der Waals surface area contributed by atoms with Gasteiger partial charge in [0.2, 0.25) is 5.91 Å². The highest BCUT2D eigenvalue weighted by Gasteiger charge is 2.31. The Labute approximate surface area is 147 Å². The molecule has 0 radical (unpaired) electrons. The van der Waals surface area contributed by atoms with E-state index in [0.29, 0.717) is 6.42 Å². The van der Waals surface area contributed by atoms with Crippen LogP contribution in [0.5, 0.6) is 0 Å². The van der Waals surface area contributed by atoms with Gasteiger partial charge in [0.05, 0.1) is 23.9 Å². The van der Waals surface area contributed by atoms with Crippen LogP contribution in [0, 0.1) is 13.8 Å². The van der Waals surface area contributed by atoms with Crippen molar-refractivity contribution in [3.8, 4) is 0 Å². The van der Waals surface area contributed by atoms with Gasteiger partial charge in [0.25, 0.3) is 0 Å². The topological polar surface area (TPSA) is 50.5 Å². The molecule has 2 aromatic heterocycles. The van der Waals surface area contributed by atoms with Crippen molar-refractivity contribution < 1.29 is 4.79 Å². The smallest absolute Gasteiger partial charge is 0.227 e. The second-order valence-corrected chi connectivity index (χ2v) is 6.84. The summed E-state index contributed by atoms with van der Waals surface area (Å²) in [4.78, 5) is 19.3. The number of likely N-dealkylation sites (tertiary alicyclic amines) is 1. The number of hydrogen-bond acceptors (Lipinski definition) is 3. The van der Waals surface area contributed by atoms with Gasteiger partial charge < -0.3 is 4.90 Å². The Morgan fingerprint density at radius 1 is 1.24 bits per heavy atom. The fraction of sp³-hybridized carbons (Fsp3) is 0.350. The predicted molar refractivity (Wildman–Crippen MR) is 96.3 cm³/mol. The lowest BCUT2D eigenvalue weighted by atomic mass is 10.1. The third-order valence-corrected chi connectivity index (χ3v) is 4.86. The van der Waals surface area contributed by atoms with Crippen LogP contribution in [0.3, 0.4) is 0 Å². The van der Waals surface area contributed by atoms with Crippen LogP contribution in [0.2, 0.25) is 0 Å². The molecule has 0 aliphatic carbocycles. The first kappa shape index (κ1) is 15.8. The molecule has 1 saturated heterocycles. The van der Waals surface area contributed by atoms with Crippen LogP contribution in [0.1, 0.15) is 41.4 Å². The van der Waals surface area contributed by atoms with E-state index in [1.54, 1.807) is 0 Å².